The fraction of sp³-hybridized carbons (Fsp3) is 0.724. The highest BCUT2D eigenvalue weighted by atomic mass is 16.6. The van der Waals surface area contributed by atoms with Crippen LogP contribution in [0.3, 0.4) is 0 Å². The molecule has 4 unspecified atom stereocenters. The van der Waals surface area contributed by atoms with Crippen molar-refractivity contribution in [2.24, 2.45) is 22.7 Å². The molecule has 1 heterocycles. The van der Waals surface area contributed by atoms with Gasteiger partial charge in [0.15, 0.2) is 6.10 Å². The van der Waals surface area contributed by atoms with Gasteiger partial charge < -0.3 is 30.7 Å². The molecule has 2 rings (SSSR count). The maximum Gasteiger partial charge on any atom is 0.408 e. The van der Waals surface area contributed by atoms with Crippen molar-refractivity contribution in [3.8, 4) is 12.3 Å². The zero-order valence-electron chi connectivity index (χ0n) is 24.6. The lowest BCUT2D eigenvalue weighted by Gasteiger charge is -2.38. The zero-order chi connectivity index (χ0) is 29.9. The maximum atomic E-state index is 13.9. The van der Waals surface area contributed by atoms with Crippen LogP contribution in [0.1, 0.15) is 68.2 Å². The van der Waals surface area contributed by atoms with Gasteiger partial charge in [-0.2, -0.15) is 0 Å². The van der Waals surface area contributed by atoms with Gasteiger partial charge in [0.1, 0.15) is 17.7 Å². The van der Waals surface area contributed by atoms with Crippen molar-refractivity contribution in [1.82, 2.24) is 20.9 Å². The summed E-state index contributed by atoms with van der Waals surface area (Å²) in [6.45, 7) is 18.9. The molecule has 0 spiro atoms. The zero-order valence-corrected chi connectivity index (χ0v) is 24.6. The van der Waals surface area contributed by atoms with E-state index in [9.17, 15) is 24.3 Å². The largest absolute Gasteiger partial charge is 0.444 e. The van der Waals surface area contributed by atoms with E-state index in [0.29, 0.717) is 6.54 Å². The summed E-state index contributed by atoms with van der Waals surface area (Å²) in [7, 11) is 0. The molecular weight excluding hydrogens is 500 g/mol. The van der Waals surface area contributed by atoms with E-state index in [4.69, 9.17) is 11.2 Å². The summed E-state index contributed by atoms with van der Waals surface area (Å²) in [5.41, 5.74) is -1.58. The van der Waals surface area contributed by atoms with E-state index >= 15 is 0 Å². The Balaban J connectivity index is 2.32. The lowest BCUT2D eigenvalue weighted by Crippen LogP contribution is -2.61. The smallest absolute Gasteiger partial charge is 0.408 e. The highest BCUT2D eigenvalue weighted by Gasteiger charge is 2.69. The molecule has 4 N–H and O–H groups in total. The van der Waals surface area contributed by atoms with Crippen LogP contribution in [0.25, 0.3) is 0 Å². The van der Waals surface area contributed by atoms with Crippen LogP contribution >= 0.6 is 0 Å². The number of hydrogen-bond acceptors (Lipinski definition) is 6. The number of aliphatic hydroxyl groups is 1. The van der Waals surface area contributed by atoms with Crippen molar-refractivity contribution < 1.29 is 29.0 Å². The van der Waals surface area contributed by atoms with Crippen LogP contribution in [0.15, 0.2) is 12.7 Å². The van der Waals surface area contributed by atoms with Gasteiger partial charge in [0, 0.05) is 19.5 Å². The highest BCUT2D eigenvalue weighted by Crippen LogP contribution is 2.65. The van der Waals surface area contributed by atoms with Gasteiger partial charge in [-0.25, -0.2) is 4.79 Å². The minimum Gasteiger partial charge on any atom is -0.444 e. The summed E-state index contributed by atoms with van der Waals surface area (Å²) in [5.74, 6) is 0.954. The lowest BCUT2D eigenvalue weighted by molar-refractivity contribution is -0.145. The number of rotatable bonds is 10. The Hall–Kier alpha value is -3.06. The molecule has 0 aromatic rings. The first-order valence-corrected chi connectivity index (χ1v) is 13.5. The number of likely N-dealkylation sites (tertiary alicyclic amines) is 1. The third-order valence-corrected chi connectivity index (χ3v) is 7.53. The Kier molecular flexibility index (Phi) is 9.88. The third-order valence-electron chi connectivity index (χ3n) is 7.53. The van der Waals surface area contributed by atoms with Crippen LogP contribution in [0.5, 0.6) is 0 Å². The molecule has 2 fully saturated rings. The number of nitrogens with zero attached hydrogens (tertiary/aromatic N) is 1. The van der Waals surface area contributed by atoms with Gasteiger partial charge in [0.05, 0.1) is 6.04 Å². The standard InChI is InChI=1S/C29H46N4O6/c1-11-13-14-18(21(34)24(36)30-15-12-2)31-23(35)20-19-17(29(19,9)10)16-33(20)25(37)22(27(3,4)5)32-26(38)39-28(6,7)8/h1,12,17-22,34H,2,13-16H2,3-10H3,(H,30,36)(H,31,35)(H,32,38)/t17?,18?,19?,20-,21?,22+/m0/s1. The molecule has 0 bridgehead atoms. The van der Waals surface area contributed by atoms with Crippen LogP contribution in [0, 0.1) is 35.0 Å². The van der Waals surface area contributed by atoms with Crippen molar-refractivity contribution in [2.75, 3.05) is 13.1 Å². The predicted octanol–water partition coefficient (Wildman–Crippen LogP) is 1.97. The summed E-state index contributed by atoms with van der Waals surface area (Å²) in [4.78, 5) is 54.2. The molecule has 0 aromatic carbocycles. The van der Waals surface area contributed by atoms with Crippen molar-refractivity contribution >= 4 is 23.8 Å². The average Bonchev–Trinajstić information content (AvgIpc) is 3.14. The third kappa shape index (κ3) is 7.75. The number of piperidine rings is 1. The number of carbonyl (C=O) groups excluding carboxylic acids is 4. The van der Waals surface area contributed by atoms with E-state index in [1.165, 1.54) is 11.0 Å². The quantitative estimate of drug-likeness (QED) is 0.244. The fourth-order valence-corrected chi connectivity index (χ4v) is 5.33. The molecule has 0 radical (unpaired) electrons. The number of amides is 4. The molecule has 4 amide bonds. The number of ether oxygens (including phenoxy) is 1. The van der Waals surface area contributed by atoms with Crippen molar-refractivity contribution in [1.29, 1.82) is 0 Å². The minimum atomic E-state index is -1.54. The number of terminal acetylenes is 1. The number of aliphatic hydroxyl groups excluding tert-OH is 1. The molecule has 1 aliphatic carbocycles. The van der Waals surface area contributed by atoms with Gasteiger partial charge in [-0.15, -0.1) is 18.9 Å². The molecule has 0 aromatic heterocycles. The van der Waals surface area contributed by atoms with Gasteiger partial charge in [0.25, 0.3) is 5.91 Å². The number of fused-ring (bicyclic) bond motifs is 1. The van der Waals surface area contributed by atoms with E-state index in [0.717, 1.165) is 0 Å². The van der Waals surface area contributed by atoms with Crippen molar-refractivity contribution in [3.63, 3.8) is 0 Å². The Bertz CT molecular complexity index is 1000. The molecule has 10 nitrogen and oxygen atoms in total. The first-order chi connectivity index (χ1) is 17.9. The van der Waals surface area contributed by atoms with E-state index < -0.39 is 53.2 Å². The number of nitrogens with one attached hydrogen (secondary N) is 3. The predicted molar refractivity (Wildman–Crippen MR) is 148 cm³/mol. The lowest BCUT2D eigenvalue weighted by atomic mass is 9.85. The summed E-state index contributed by atoms with van der Waals surface area (Å²) in [6, 6.07) is -2.73. The Morgan fingerprint density at radius 2 is 1.79 bits per heavy atom. The molecule has 6 atom stereocenters. The fourth-order valence-electron chi connectivity index (χ4n) is 5.33. The summed E-state index contributed by atoms with van der Waals surface area (Å²) in [5, 5.41) is 18.7. The van der Waals surface area contributed by atoms with Gasteiger partial charge in [-0.3, -0.25) is 14.4 Å². The molecular formula is C29H46N4O6. The highest BCUT2D eigenvalue weighted by molar-refractivity contribution is 5.94. The monoisotopic (exact) mass is 546 g/mol. The van der Waals surface area contributed by atoms with E-state index in [1.54, 1.807) is 20.8 Å². The SMILES string of the molecule is C#CCCC(NC(=O)[C@@H]1C2C(CN1C(=O)[C@@H](NC(=O)OC(C)(C)C)C(C)(C)C)C2(C)C)C(O)C(=O)NCC=C. The first kappa shape index (κ1) is 32.2. The van der Waals surface area contributed by atoms with Gasteiger partial charge in [0.2, 0.25) is 11.8 Å². The molecule has 218 valence electrons. The molecule has 1 saturated heterocycles. The average molecular weight is 547 g/mol. The molecule has 2 aliphatic rings. The molecule has 1 saturated carbocycles. The normalized spacial score (nSPS) is 23.8. The summed E-state index contributed by atoms with van der Waals surface area (Å²) in [6.07, 6.45) is 5.04. The second-order valence-electron chi connectivity index (χ2n) is 13.2. The second-order valence-corrected chi connectivity index (χ2v) is 13.2. The Labute approximate surface area is 232 Å². The van der Waals surface area contributed by atoms with Crippen molar-refractivity contribution in [2.45, 2.75) is 98.1 Å². The van der Waals surface area contributed by atoms with Crippen LogP contribution in [-0.4, -0.2) is 76.7 Å². The van der Waals surface area contributed by atoms with Gasteiger partial charge in [-0.05, 0) is 49.9 Å². The maximum absolute atomic E-state index is 13.9. The Morgan fingerprint density at radius 3 is 2.31 bits per heavy atom. The minimum absolute atomic E-state index is 0.101. The van der Waals surface area contributed by atoms with E-state index in [1.807, 2.05) is 20.8 Å². The number of alkyl carbamates (subject to hydrolysis) is 1. The first-order valence-electron chi connectivity index (χ1n) is 13.5. The summed E-state index contributed by atoms with van der Waals surface area (Å²) < 4.78 is 5.39. The van der Waals surface area contributed by atoms with Crippen molar-refractivity contribution in [3.05, 3.63) is 12.7 Å². The number of carbonyl (C=O) groups is 4. The van der Waals surface area contributed by atoms with Gasteiger partial charge in [-0.1, -0.05) is 40.7 Å². The summed E-state index contributed by atoms with van der Waals surface area (Å²) >= 11 is 0. The molecule has 10 heteroatoms. The van der Waals surface area contributed by atoms with E-state index in [2.05, 4.69) is 42.3 Å². The van der Waals surface area contributed by atoms with Crippen LogP contribution < -0.4 is 16.0 Å². The topological polar surface area (TPSA) is 137 Å². The van der Waals surface area contributed by atoms with E-state index in [-0.39, 0.29) is 42.5 Å². The molecule has 39 heavy (non-hydrogen) atoms. The van der Waals surface area contributed by atoms with Crippen LogP contribution in [0.2, 0.25) is 0 Å². The van der Waals surface area contributed by atoms with Gasteiger partial charge >= 0.3 is 6.09 Å². The number of hydrogen-bond donors (Lipinski definition) is 4. The van der Waals surface area contributed by atoms with Crippen LogP contribution in [-0.2, 0) is 19.1 Å². The Morgan fingerprint density at radius 1 is 1.18 bits per heavy atom. The van der Waals surface area contributed by atoms with Crippen LogP contribution in [0.4, 0.5) is 4.79 Å². The second kappa shape index (κ2) is 12.0. The molecule has 1 aliphatic heterocycles.